The highest BCUT2D eigenvalue weighted by atomic mass is 16.5. The third-order valence-electron chi connectivity index (χ3n) is 2.34. The maximum absolute atomic E-state index is 9.13. The standard InChI is InChI=1S/C11H19NO2/c1-10(2,3)14-9-11(7-12)5-4-6-13-8-11/h4-6,8-9H2,1-3H3. The Bertz CT molecular complexity index is 218. The summed E-state index contributed by atoms with van der Waals surface area (Å²) >= 11 is 0. The van der Waals surface area contributed by atoms with Crippen molar-refractivity contribution in [2.75, 3.05) is 19.8 Å². The van der Waals surface area contributed by atoms with E-state index in [2.05, 4.69) is 6.07 Å². The van der Waals surface area contributed by atoms with Crippen LogP contribution in [-0.2, 0) is 9.47 Å². The van der Waals surface area contributed by atoms with Crippen molar-refractivity contribution in [1.82, 2.24) is 0 Å². The molecule has 3 heteroatoms. The van der Waals surface area contributed by atoms with E-state index in [1.807, 2.05) is 20.8 Å². The summed E-state index contributed by atoms with van der Waals surface area (Å²) < 4.78 is 11.0. The van der Waals surface area contributed by atoms with Gasteiger partial charge in [0.2, 0.25) is 0 Å². The van der Waals surface area contributed by atoms with Gasteiger partial charge in [-0.15, -0.1) is 0 Å². The van der Waals surface area contributed by atoms with Crippen molar-refractivity contribution in [2.24, 2.45) is 5.41 Å². The van der Waals surface area contributed by atoms with Gasteiger partial charge in [-0.2, -0.15) is 5.26 Å². The van der Waals surface area contributed by atoms with E-state index in [-0.39, 0.29) is 5.60 Å². The lowest BCUT2D eigenvalue weighted by Crippen LogP contribution is -2.37. The fourth-order valence-electron chi connectivity index (χ4n) is 1.44. The first-order valence-electron chi connectivity index (χ1n) is 5.10. The van der Waals surface area contributed by atoms with Crippen LogP contribution < -0.4 is 0 Å². The molecule has 0 aliphatic carbocycles. The van der Waals surface area contributed by atoms with Gasteiger partial charge >= 0.3 is 0 Å². The van der Waals surface area contributed by atoms with Crippen LogP contribution >= 0.6 is 0 Å². The largest absolute Gasteiger partial charge is 0.380 e. The van der Waals surface area contributed by atoms with Crippen molar-refractivity contribution < 1.29 is 9.47 Å². The summed E-state index contributed by atoms with van der Waals surface area (Å²) in [6.07, 6.45) is 1.85. The molecule has 1 atom stereocenters. The quantitative estimate of drug-likeness (QED) is 0.681. The monoisotopic (exact) mass is 197 g/mol. The molecule has 0 N–H and O–H groups in total. The molecule has 1 heterocycles. The van der Waals surface area contributed by atoms with E-state index in [0.717, 1.165) is 19.4 Å². The summed E-state index contributed by atoms with van der Waals surface area (Å²) in [5.74, 6) is 0. The first-order chi connectivity index (χ1) is 6.47. The normalized spacial score (nSPS) is 28.4. The molecule has 1 aliphatic rings. The second-order valence-corrected chi connectivity index (χ2v) is 4.95. The zero-order valence-electron chi connectivity index (χ0n) is 9.30. The van der Waals surface area contributed by atoms with E-state index >= 15 is 0 Å². The molecule has 1 rings (SSSR count). The molecule has 0 aromatic heterocycles. The lowest BCUT2D eigenvalue weighted by Gasteiger charge is -2.33. The fourth-order valence-corrected chi connectivity index (χ4v) is 1.44. The molecule has 1 saturated heterocycles. The first kappa shape index (κ1) is 11.5. The predicted octanol–water partition coefficient (Wildman–Crippen LogP) is 2.12. The average molecular weight is 197 g/mol. The molecule has 0 aromatic carbocycles. The Labute approximate surface area is 86.0 Å². The highest BCUT2D eigenvalue weighted by Crippen LogP contribution is 2.29. The molecule has 1 unspecified atom stereocenters. The van der Waals surface area contributed by atoms with Crippen LogP contribution in [0.3, 0.4) is 0 Å². The van der Waals surface area contributed by atoms with Gasteiger partial charge in [0.15, 0.2) is 0 Å². The van der Waals surface area contributed by atoms with Gasteiger partial charge in [-0.05, 0) is 33.6 Å². The van der Waals surface area contributed by atoms with Gasteiger partial charge < -0.3 is 9.47 Å². The number of rotatable bonds is 2. The Morgan fingerprint density at radius 2 is 2.21 bits per heavy atom. The average Bonchev–Trinajstić information content (AvgIpc) is 2.15. The minimum atomic E-state index is -0.411. The Morgan fingerprint density at radius 1 is 1.50 bits per heavy atom. The summed E-state index contributed by atoms with van der Waals surface area (Å²) in [6, 6.07) is 2.34. The van der Waals surface area contributed by atoms with Gasteiger partial charge in [0.25, 0.3) is 0 Å². The Hall–Kier alpha value is -0.590. The molecule has 1 aliphatic heterocycles. The van der Waals surface area contributed by atoms with Crippen molar-refractivity contribution in [1.29, 1.82) is 5.26 Å². The molecule has 0 saturated carbocycles. The van der Waals surface area contributed by atoms with Crippen molar-refractivity contribution in [3.63, 3.8) is 0 Å². The Morgan fingerprint density at radius 3 is 2.64 bits per heavy atom. The zero-order valence-corrected chi connectivity index (χ0v) is 9.30. The zero-order chi connectivity index (χ0) is 10.7. The van der Waals surface area contributed by atoms with Gasteiger partial charge in [-0.1, -0.05) is 0 Å². The molecule has 0 radical (unpaired) electrons. The highest BCUT2D eigenvalue weighted by Gasteiger charge is 2.34. The van der Waals surface area contributed by atoms with Crippen LogP contribution in [0, 0.1) is 16.7 Å². The molecular formula is C11H19NO2. The summed E-state index contributed by atoms with van der Waals surface area (Å²) in [4.78, 5) is 0. The SMILES string of the molecule is CC(C)(C)OCC1(C#N)CCCOC1. The van der Waals surface area contributed by atoms with Gasteiger partial charge in [0.05, 0.1) is 24.9 Å². The highest BCUT2D eigenvalue weighted by molar-refractivity contribution is 5.00. The van der Waals surface area contributed by atoms with E-state index < -0.39 is 5.41 Å². The van der Waals surface area contributed by atoms with Gasteiger partial charge in [-0.3, -0.25) is 0 Å². The number of nitrogens with zero attached hydrogens (tertiary/aromatic N) is 1. The smallest absolute Gasteiger partial charge is 0.104 e. The molecule has 80 valence electrons. The van der Waals surface area contributed by atoms with Gasteiger partial charge in [-0.25, -0.2) is 0 Å². The van der Waals surface area contributed by atoms with Gasteiger partial charge in [0, 0.05) is 6.61 Å². The number of nitriles is 1. The van der Waals surface area contributed by atoms with E-state index in [1.54, 1.807) is 0 Å². The lowest BCUT2D eigenvalue weighted by atomic mass is 9.85. The van der Waals surface area contributed by atoms with Crippen molar-refractivity contribution in [3.05, 3.63) is 0 Å². The first-order valence-corrected chi connectivity index (χ1v) is 5.10. The molecule has 0 bridgehead atoms. The third kappa shape index (κ3) is 3.28. The van der Waals surface area contributed by atoms with E-state index in [4.69, 9.17) is 14.7 Å². The van der Waals surface area contributed by atoms with Crippen LogP contribution in [0.1, 0.15) is 33.6 Å². The van der Waals surface area contributed by atoms with Crippen LogP contribution in [-0.4, -0.2) is 25.4 Å². The summed E-state index contributed by atoms with van der Waals surface area (Å²) in [7, 11) is 0. The van der Waals surface area contributed by atoms with E-state index in [9.17, 15) is 0 Å². The maximum Gasteiger partial charge on any atom is 0.104 e. The molecule has 0 aromatic rings. The predicted molar refractivity (Wildman–Crippen MR) is 53.8 cm³/mol. The van der Waals surface area contributed by atoms with Crippen LogP contribution in [0.25, 0.3) is 0 Å². The number of hydrogen-bond donors (Lipinski definition) is 0. The molecular weight excluding hydrogens is 178 g/mol. The van der Waals surface area contributed by atoms with E-state index in [1.165, 1.54) is 0 Å². The second-order valence-electron chi connectivity index (χ2n) is 4.95. The Kier molecular flexibility index (Phi) is 3.52. The van der Waals surface area contributed by atoms with E-state index in [0.29, 0.717) is 13.2 Å². The molecule has 1 fully saturated rings. The molecule has 0 spiro atoms. The van der Waals surface area contributed by atoms with Crippen LogP contribution in [0.4, 0.5) is 0 Å². The second kappa shape index (κ2) is 4.29. The van der Waals surface area contributed by atoms with Crippen molar-refractivity contribution in [3.8, 4) is 6.07 Å². The topological polar surface area (TPSA) is 42.2 Å². The van der Waals surface area contributed by atoms with Crippen LogP contribution in [0.2, 0.25) is 0 Å². The van der Waals surface area contributed by atoms with Crippen molar-refractivity contribution in [2.45, 2.75) is 39.2 Å². The summed E-state index contributed by atoms with van der Waals surface area (Å²) in [6.45, 7) is 7.77. The maximum atomic E-state index is 9.13. The minimum absolute atomic E-state index is 0.179. The summed E-state index contributed by atoms with van der Waals surface area (Å²) in [5, 5.41) is 9.13. The van der Waals surface area contributed by atoms with Crippen LogP contribution in [0.5, 0.6) is 0 Å². The van der Waals surface area contributed by atoms with Crippen molar-refractivity contribution >= 4 is 0 Å². The number of ether oxygens (including phenoxy) is 2. The Balaban J connectivity index is 2.50. The molecule has 0 amide bonds. The molecule has 14 heavy (non-hydrogen) atoms. The third-order valence-corrected chi connectivity index (χ3v) is 2.34. The minimum Gasteiger partial charge on any atom is -0.380 e. The number of hydrogen-bond acceptors (Lipinski definition) is 3. The summed E-state index contributed by atoms with van der Waals surface area (Å²) in [5.41, 5.74) is -0.590. The van der Waals surface area contributed by atoms with Gasteiger partial charge in [0.1, 0.15) is 5.41 Å². The fraction of sp³-hybridized carbons (Fsp3) is 0.909. The van der Waals surface area contributed by atoms with Crippen LogP contribution in [0.15, 0.2) is 0 Å². The molecule has 3 nitrogen and oxygen atoms in total. The lowest BCUT2D eigenvalue weighted by molar-refractivity contribution is -0.0785.